The highest BCUT2D eigenvalue weighted by Crippen LogP contribution is 2.24. The predicted octanol–water partition coefficient (Wildman–Crippen LogP) is 1.33. The van der Waals surface area contributed by atoms with Crippen molar-refractivity contribution in [3.05, 3.63) is 33.1 Å². The van der Waals surface area contributed by atoms with E-state index in [4.69, 9.17) is 5.11 Å². The molecule has 1 atom stereocenters. The Hall–Kier alpha value is -1.83. The minimum atomic E-state index is -1.40. The average Bonchev–Trinajstić information content (AvgIpc) is 2.30. The first-order valence-corrected chi connectivity index (χ1v) is 6.98. The van der Waals surface area contributed by atoms with Crippen molar-refractivity contribution in [3.8, 4) is 0 Å². The lowest BCUT2D eigenvalue weighted by Gasteiger charge is -2.07. The van der Waals surface area contributed by atoms with E-state index in [1.54, 1.807) is 13.8 Å². The van der Waals surface area contributed by atoms with Gasteiger partial charge in [-0.15, -0.1) is 0 Å². The van der Waals surface area contributed by atoms with Gasteiger partial charge in [0, 0.05) is 33.9 Å². The van der Waals surface area contributed by atoms with Crippen LogP contribution < -0.4 is 0 Å². The van der Waals surface area contributed by atoms with Gasteiger partial charge in [-0.2, -0.15) is 0 Å². The molecule has 0 saturated carbocycles. The summed E-state index contributed by atoms with van der Waals surface area (Å²) in [5, 5.41) is 19.4. The Morgan fingerprint density at radius 3 is 2.68 bits per heavy atom. The number of aliphatic carboxylic acids is 1. The molecule has 0 aliphatic heterocycles. The molecule has 0 saturated heterocycles. The summed E-state index contributed by atoms with van der Waals surface area (Å²) >= 11 is 0. The van der Waals surface area contributed by atoms with Gasteiger partial charge in [0.25, 0.3) is 5.69 Å². The van der Waals surface area contributed by atoms with Gasteiger partial charge in [-0.1, -0.05) is 0 Å². The number of rotatable bonds is 6. The summed E-state index contributed by atoms with van der Waals surface area (Å²) in [5.41, 5.74) is 1.18. The van der Waals surface area contributed by atoms with Crippen LogP contribution in [-0.2, 0) is 21.3 Å². The number of carboxylic acid groups (broad SMARTS) is 1. The lowest BCUT2D eigenvalue weighted by Crippen LogP contribution is -2.09. The summed E-state index contributed by atoms with van der Waals surface area (Å²) in [6.45, 7) is 3.14. The molecular formula is C11H14N2O5S. The van der Waals surface area contributed by atoms with Crippen molar-refractivity contribution in [3.63, 3.8) is 0 Å². The summed E-state index contributed by atoms with van der Waals surface area (Å²) in [5.74, 6) is -0.980. The molecule has 0 amide bonds. The highest BCUT2D eigenvalue weighted by Gasteiger charge is 2.19. The maximum absolute atomic E-state index is 11.7. The molecule has 1 aromatic heterocycles. The fraction of sp³-hybridized carbons (Fsp3) is 0.455. The van der Waals surface area contributed by atoms with Crippen molar-refractivity contribution in [2.45, 2.75) is 26.0 Å². The van der Waals surface area contributed by atoms with Crippen molar-refractivity contribution >= 4 is 22.5 Å². The Kier molecular flexibility index (Phi) is 5.11. The number of carbonyl (C=O) groups is 1. The van der Waals surface area contributed by atoms with Gasteiger partial charge in [-0.25, -0.2) is 0 Å². The Morgan fingerprint density at radius 1 is 1.53 bits per heavy atom. The Bertz CT molecular complexity index is 544. The zero-order chi connectivity index (χ0) is 14.6. The second-order valence-electron chi connectivity index (χ2n) is 4.05. The minimum absolute atomic E-state index is 0.0120. The maximum Gasteiger partial charge on any atom is 0.304 e. The SMILES string of the molecule is Cc1cnc(CS(=O)CCC(=O)O)c(C)c1[N+](=O)[O-]. The monoisotopic (exact) mass is 286 g/mol. The molecule has 0 aromatic carbocycles. The van der Waals surface area contributed by atoms with Crippen LogP contribution in [0.25, 0.3) is 0 Å². The number of pyridine rings is 1. The molecule has 0 bridgehead atoms. The maximum atomic E-state index is 11.7. The van der Waals surface area contributed by atoms with E-state index in [1.807, 2.05) is 0 Å². The van der Waals surface area contributed by atoms with Crippen LogP contribution >= 0.6 is 0 Å². The molecule has 1 heterocycles. The third-order valence-corrected chi connectivity index (χ3v) is 3.85. The van der Waals surface area contributed by atoms with E-state index in [0.717, 1.165) is 0 Å². The van der Waals surface area contributed by atoms with Gasteiger partial charge in [0.1, 0.15) is 0 Å². The van der Waals surface area contributed by atoms with Crippen LogP contribution in [0, 0.1) is 24.0 Å². The quantitative estimate of drug-likeness (QED) is 0.624. The third-order valence-electron chi connectivity index (χ3n) is 2.60. The van der Waals surface area contributed by atoms with Crippen LogP contribution in [0.1, 0.15) is 23.2 Å². The smallest absolute Gasteiger partial charge is 0.304 e. The predicted molar refractivity (Wildman–Crippen MR) is 69.3 cm³/mol. The topological polar surface area (TPSA) is 110 Å². The minimum Gasteiger partial charge on any atom is -0.481 e. The van der Waals surface area contributed by atoms with E-state index in [1.165, 1.54) is 6.20 Å². The van der Waals surface area contributed by atoms with Gasteiger partial charge in [0.15, 0.2) is 0 Å². The molecule has 0 aliphatic carbocycles. The first-order valence-electron chi connectivity index (χ1n) is 5.49. The number of hydrogen-bond donors (Lipinski definition) is 1. The molecule has 1 aromatic rings. The first-order chi connectivity index (χ1) is 8.82. The van der Waals surface area contributed by atoms with E-state index in [9.17, 15) is 19.1 Å². The molecule has 7 nitrogen and oxygen atoms in total. The fourth-order valence-corrected chi connectivity index (χ4v) is 2.76. The summed E-state index contributed by atoms with van der Waals surface area (Å²) < 4.78 is 11.7. The van der Waals surface area contributed by atoms with Crippen LogP contribution in [0.5, 0.6) is 0 Å². The molecular weight excluding hydrogens is 272 g/mol. The summed E-state index contributed by atoms with van der Waals surface area (Å²) in [4.78, 5) is 24.8. The molecule has 0 aliphatic rings. The van der Waals surface area contributed by atoms with Crippen molar-refractivity contribution in [1.82, 2.24) is 4.98 Å². The van der Waals surface area contributed by atoms with Gasteiger partial charge < -0.3 is 5.11 Å². The molecule has 1 N–H and O–H groups in total. The molecule has 19 heavy (non-hydrogen) atoms. The Labute approximate surface area is 112 Å². The van der Waals surface area contributed by atoms with Crippen molar-refractivity contribution in [2.24, 2.45) is 0 Å². The van der Waals surface area contributed by atoms with Crippen LogP contribution in [0.4, 0.5) is 5.69 Å². The molecule has 8 heteroatoms. The zero-order valence-corrected chi connectivity index (χ0v) is 11.4. The molecule has 0 spiro atoms. The number of aromatic nitrogens is 1. The van der Waals surface area contributed by atoms with Gasteiger partial charge in [-0.3, -0.25) is 24.1 Å². The summed E-state index contributed by atoms with van der Waals surface area (Å²) in [6, 6.07) is 0. The van der Waals surface area contributed by atoms with Gasteiger partial charge in [0.2, 0.25) is 0 Å². The number of hydrogen-bond acceptors (Lipinski definition) is 5. The second kappa shape index (κ2) is 6.37. The van der Waals surface area contributed by atoms with Crippen LogP contribution in [0.2, 0.25) is 0 Å². The number of nitrogens with zero attached hydrogens (tertiary/aromatic N) is 2. The molecule has 0 radical (unpaired) electrons. The zero-order valence-electron chi connectivity index (χ0n) is 10.6. The normalized spacial score (nSPS) is 12.1. The Balaban J connectivity index is 2.91. The lowest BCUT2D eigenvalue weighted by atomic mass is 10.1. The fourth-order valence-electron chi connectivity index (χ4n) is 1.62. The third kappa shape index (κ3) is 4.09. The van der Waals surface area contributed by atoms with Crippen LogP contribution in [-0.4, -0.2) is 30.9 Å². The number of nitro groups is 1. The highest BCUT2D eigenvalue weighted by atomic mass is 32.2. The first kappa shape index (κ1) is 15.2. The van der Waals surface area contributed by atoms with Crippen molar-refractivity contribution in [1.29, 1.82) is 0 Å². The highest BCUT2D eigenvalue weighted by molar-refractivity contribution is 7.84. The van der Waals surface area contributed by atoms with E-state index >= 15 is 0 Å². The van der Waals surface area contributed by atoms with Crippen molar-refractivity contribution < 1.29 is 19.0 Å². The van der Waals surface area contributed by atoms with Gasteiger partial charge in [0.05, 0.1) is 22.8 Å². The summed E-state index contributed by atoms with van der Waals surface area (Å²) in [6.07, 6.45) is 1.18. The van der Waals surface area contributed by atoms with E-state index < -0.39 is 21.7 Å². The average molecular weight is 286 g/mol. The van der Waals surface area contributed by atoms with Crippen LogP contribution in [0.3, 0.4) is 0 Å². The van der Waals surface area contributed by atoms with E-state index in [2.05, 4.69) is 4.98 Å². The second-order valence-corrected chi connectivity index (χ2v) is 5.63. The summed E-state index contributed by atoms with van der Waals surface area (Å²) in [7, 11) is -1.40. The molecule has 0 fully saturated rings. The van der Waals surface area contributed by atoms with Crippen molar-refractivity contribution in [2.75, 3.05) is 5.75 Å². The standard InChI is InChI=1S/C11H14N2O5S/c1-7-5-12-9(8(2)11(7)13(16)17)6-19(18)4-3-10(14)15/h5H,3-4,6H2,1-2H3,(H,14,15). The molecule has 104 valence electrons. The molecule has 1 rings (SSSR count). The number of aryl methyl sites for hydroxylation is 1. The lowest BCUT2D eigenvalue weighted by molar-refractivity contribution is -0.386. The van der Waals surface area contributed by atoms with Gasteiger partial charge in [-0.05, 0) is 13.8 Å². The largest absolute Gasteiger partial charge is 0.481 e. The Morgan fingerprint density at radius 2 is 2.16 bits per heavy atom. The number of carboxylic acids is 1. The van der Waals surface area contributed by atoms with E-state index in [0.29, 0.717) is 16.8 Å². The molecule has 1 unspecified atom stereocenters. The van der Waals surface area contributed by atoms with Crippen LogP contribution in [0.15, 0.2) is 6.20 Å². The van der Waals surface area contributed by atoms with E-state index in [-0.39, 0.29) is 23.6 Å². The van der Waals surface area contributed by atoms with Gasteiger partial charge >= 0.3 is 5.97 Å².